The molecule has 1 aliphatic carbocycles. The highest BCUT2D eigenvalue weighted by Gasteiger charge is 2.45. The number of nitrogens with zero attached hydrogens (tertiary/aromatic N) is 1. The molecule has 1 saturated carbocycles. The zero-order chi connectivity index (χ0) is 10.9. The van der Waals surface area contributed by atoms with Crippen LogP contribution in [0, 0.1) is 0 Å². The van der Waals surface area contributed by atoms with Gasteiger partial charge in [-0.3, -0.25) is 4.79 Å². The number of hydrogen-bond acceptors (Lipinski definition) is 4. The fourth-order valence-corrected chi connectivity index (χ4v) is 1.59. The summed E-state index contributed by atoms with van der Waals surface area (Å²) in [6.45, 7) is 0. The Kier molecular flexibility index (Phi) is 2.18. The number of carbonyl (C=O) groups is 1. The molecular formula is C9H11N3O3. The standard InChI is InChI=1S/C9H11N3O3/c13-7-6(10-4-5-11-7)12-9(8(14)15)2-1-3-9/h4-5H,1-3H2,(H,10,12)(H,11,13)(H,14,15). The topological polar surface area (TPSA) is 95.1 Å². The van der Waals surface area contributed by atoms with Crippen molar-refractivity contribution in [2.75, 3.05) is 5.32 Å². The average Bonchev–Trinajstić information content (AvgIpc) is 2.13. The van der Waals surface area contributed by atoms with E-state index >= 15 is 0 Å². The number of rotatable bonds is 3. The first-order valence-corrected chi connectivity index (χ1v) is 4.69. The van der Waals surface area contributed by atoms with Gasteiger partial charge in [-0.15, -0.1) is 0 Å². The largest absolute Gasteiger partial charge is 0.480 e. The SMILES string of the molecule is O=C(O)C1(Nc2ncc[nH]c2=O)CCC1. The van der Waals surface area contributed by atoms with Crippen LogP contribution in [0.5, 0.6) is 0 Å². The molecule has 2 rings (SSSR count). The molecule has 80 valence electrons. The van der Waals surface area contributed by atoms with Gasteiger partial charge in [0.2, 0.25) is 0 Å². The number of carboxylic acids is 1. The van der Waals surface area contributed by atoms with Crippen molar-refractivity contribution in [3.63, 3.8) is 0 Å². The van der Waals surface area contributed by atoms with E-state index in [0.29, 0.717) is 12.8 Å². The quantitative estimate of drug-likeness (QED) is 0.660. The lowest BCUT2D eigenvalue weighted by Gasteiger charge is -2.38. The van der Waals surface area contributed by atoms with Crippen LogP contribution < -0.4 is 10.9 Å². The maximum atomic E-state index is 11.3. The van der Waals surface area contributed by atoms with E-state index in [4.69, 9.17) is 5.11 Å². The molecule has 1 heterocycles. The number of nitrogens with one attached hydrogen (secondary N) is 2. The second-order valence-electron chi connectivity index (χ2n) is 3.63. The first kappa shape index (κ1) is 9.70. The lowest BCUT2D eigenvalue weighted by molar-refractivity contribution is -0.145. The van der Waals surface area contributed by atoms with Gasteiger partial charge in [-0.1, -0.05) is 0 Å². The highest BCUT2D eigenvalue weighted by molar-refractivity contribution is 5.83. The van der Waals surface area contributed by atoms with E-state index in [1.807, 2.05) is 0 Å². The van der Waals surface area contributed by atoms with Gasteiger partial charge in [0.1, 0.15) is 5.54 Å². The Hall–Kier alpha value is -1.85. The minimum atomic E-state index is -0.999. The van der Waals surface area contributed by atoms with Crippen LogP contribution in [0.15, 0.2) is 17.2 Å². The summed E-state index contributed by atoms with van der Waals surface area (Å²) >= 11 is 0. The van der Waals surface area contributed by atoms with Gasteiger partial charge >= 0.3 is 5.97 Å². The normalized spacial score (nSPS) is 17.9. The number of H-pyrrole nitrogens is 1. The summed E-state index contributed by atoms with van der Waals surface area (Å²) in [6.07, 6.45) is 4.72. The van der Waals surface area contributed by atoms with Gasteiger partial charge in [-0.2, -0.15) is 0 Å². The van der Waals surface area contributed by atoms with Crippen molar-refractivity contribution in [1.29, 1.82) is 0 Å². The van der Waals surface area contributed by atoms with Gasteiger partial charge < -0.3 is 15.4 Å². The first-order chi connectivity index (χ1) is 7.14. The van der Waals surface area contributed by atoms with Gasteiger partial charge in [0.25, 0.3) is 5.56 Å². The molecule has 1 aromatic heterocycles. The molecule has 3 N–H and O–H groups in total. The van der Waals surface area contributed by atoms with Crippen LogP contribution in [0.3, 0.4) is 0 Å². The zero-order valence-electron chi connectivity index (χ0n) is 7.99. The van der Waals surface area contributed by atoms with Crippen LogP contribution in [0.4, 0.5) is 5.82 Å². The fraction of sp³-hybridized carbons (Fsp3) is 0.444. The number of carboxylic acid groups (broad SMARTS) is 1. The van der Waals surface area contributed by atoms with Gasteiger partial charge in [0.05, 0.1) is 0 Å². The molecule has 1 aromatic rings. The lowest BCUT2D eigenvalue weighted by atomic mass is 9.77. The monoisotopic (exact) mass is 209 g/mol. The van der Waals surface area contributed by atoms with Crippen LogP contribution >= 0.6 is 0 Å². The second kappa shape index (κ2) is 3.38. The predicted octanol–water partition coefficient (Wildman–Crippen LogP) is 0.189. The Morgan fingerprint density at radius 2 is 2.33 bits per heavy atom. The summed E-state index contributed by atoms with van der Waals surface area (Å²) in [5.41, 5.74) is -1.40. The number of aromatic nitrogens is 2. The predicted molar refractivity (Wildman–Crippen MR) is 52.7 cm³/mol. The zero-order valence-corrected chi connectivity index (χ0v) is 7.99. The Bertz CT molecular complexity index is 436. The molecule has 0 radical (unpaired) electrons. The molecule has 15 heavy (non-hydrogen) atoms. The molecule has 6 nitrogen and oxygen atoms in total. The molecule has 0 amide bonds. The highest BCUT2D eigenvalue weighted by Crippen LogP contribution is 2.34. The third kappa shape index (κ3) is 1.58. The van der Waals surface area contributed by atoms with Crippen LogP contribution in [0.2, 0.25) is 0 Å². The van der Waals surface area contributed by atoms with E-state index in [1.165, 1.54) is 12.4 Å². The minimum Gasteiger partial charge on any atom is -0.480 e. The average molecular weight is 209 g/mol. The van der Waals surface area contributed by atoms with Crippen molar-refractivity contribution >= 4 is 11.8 Å². The molecule has 1 aliphatic rings. The van der Waals surface area contributed by atoms with Crippen molar-refractivity contribution in [3.05, 3.63) is 22.7 Å². The molecule has 0 saturated heterocycles. The third-order valence-electron chi connectivity index (χ3n) is 2.68. The fourth-order valence-electron chi connectivity index (χ4n) is 1.59. The Balaban J connectivity index is 2.25. The van der Waals surface area contributed by atoms with E-state index in [-0.39, 0.29) is 5.82 Å². The first-order valence-electron chi connectivity index (χ1n) is 4.69. The number of anilines is 1. The van der Waals surface area contributed by atoms with E-state index in [1.54, 1.807) is 0 Å². The van der Waals surface area contributed by atoms with Gasteiger partial charge in [0.15, 0.2) is 5.82 Å². The molecule has 1 fully saturated rings. The molecule has 0 bridgehead atoms. The summed E-state index contributed by atoms with van der Waals surface area (Å²) in [7, 11) is 0. The molecular weight excluding hydrogens is 198 g/mol. The third-order valence-corrected chi connectivity index (χ3v) is 2.68. The van der Waals surface area contributed by atoms with Crippen LogP contribution in [0.25, 0.3) is 0 Å². The molecule has 0 spiro atoms. The molecule has 0 aromatic carbocycles. The Morgan fingerprint density at radius 1 is 1.60 bits per heavy atom. The molecule has 0 unspecified atom stereocenters. The van der Waals surface area contributed by atoms with Crippen molar-refractivity contribution < 1.29 is 9.90 Å². The smallest absolute Gasteiger partial charge is 0.329 e. The maximum absolute atomic E-state index is 11.3. The maximum Gasteiger partial charge on any atom is 0.329 e. The summed E-state index contributed by atoms with van der Waals surface area (Å²) in [6, 6.07) is 0. The molecule has 6 heteroatoms. The lowest BCUT2D eigenvalue weighted by Crippen LogP contribution is -2.53. The van der Waals surface area contributed by atoms with E-state index in [2.05, 4.69) is 15.3 Å². The Labute approximate surface area is 85.4 Å². The summed E-state index contributed by atoms with van der Waals surface area (Å²) < 4.78 is 0. The summed E-state index contributed by atoms with van der Waals surface area (Å²) in [5, 5.41) is 11.7. The van der Waals surface area contributed by atoms with Gasteiger partial charge in [-0.25, -0.2) is 9.78 Å². The Morgan fingerprint density at radius 3 is 2.80 bits per heavy atom. The minimum absolute atomic E-state index is 0.0691. The summed E-state index contributed by atoms with van der Waals surface area (Å²) in [5.74, 6) is -0.863. The number of aliphatic carboxylic acids is 1. The molecule has 0 aliphatic heterocycles. The number of aromatic amines is 1. The van der Waals surface area contributed by atoms with Crippen molar-refractivity contribution in [2.24, 2.45) is 0 Å². The molecule has 0 atom stereocenters. The van der Waals surface area contributed by atoms with Crippen LogP contribution in [-0.2, 0) is 4.79 Å². The summed E-state index contributed by atoms with van der Waals surface area (Å²) in [4.78, 5) is 28.5. The van der Waals surface area contributed by atoms with E-state index in [9.17, 15) is 9.59 Å². The second-order valence-corrected chi connectivity index (χ2v) is 3.63. The van der Waals surface area contributed by atoms with Crippen LogP contribution in [-0.4, -0.2) is 26.6 Å². The highest BCUT2D eigenvalue weighted by atomic mass is 16.4. The van der Waals surface area contributed by atoms with Crippen LogP contribution in [0.1, 0.15) is 19.3 Å². The van der Waals surface area contributed by atoms with Gasteiger partial charge in [0, 0.05) is 12.4 Å². The van der Waals surface area contributed by atoms with Crippen molar-refractivity contribution in [3.8, 4) is 0 Å². The van der Waals surface area contributed by atoms with Gasteiger partial charge in [-0.05, 0) is 19.3 Å². The van der Waals surface area contributed by atoms with Crippen molar-refractivity contribution in [1.82, 2.24) is 9.97 Å². The van der Waals surface area contributed by atoms with Crippen molar-refractivity contribution in [2.45, 2.75) is 24.8 Å². The van der Waals surface area contributed by atoms with E-state index in [0.717, 1.165) is 6.42 Å². The van der Waals surface area contributed by atoms with E-state index < -0.39 is 17.1 Å². The number of hydrogen-bond donors (Lipinski definition) is 3.